The Balaban J connectivity index is 3.49. The Kier molecular flexibility index (Phi) is 2.10. The number of nitrogen functional groups attached to an aromatic ring is 2. The molecule has 1 aromatic rings. The van der Waals surface area contributed by atoms with Crippen molar-refractivity contribution in [3.63, 3.8) is 0 Å². The molecule has 0 bridgehead atoms. The maximum atomic E-state index is 12.2. The molecule has 4 nitrogen and oxygen atoms in total. The van der Waals surface area contributed by atoms with Gasteiger partial charge in [-0.25, -0.2) is 0 Å². The number of benzene rings is 1. The summed E-state index contributed by atoms with van der Waals surface area (Å²) in [4.78, 5) is 0. The third-order valence-corrected chi connectivity index (χ3v) is 1.66. The minimum atomic E-state index is -4.74. The Bertz CT molecular complexity index is 376. The summed E-state index contributed by atoms with van der Waals surface area (Å²) >= 11 is 0. The third-order valence-electron chi connectivity index (χ3n) is 1.66. The van der Waals surface area contributed by atoms with Gasteiger partial charge in [-0.3, -0.25) is 0 Å². The number of alkyl halides is 3. The van der Waals surface area contributed by atoms with Crippen LogP contribution < -0.4 is 11.5 Å². The molecule has 0 aliphatic carbocycles. The molecule has 0 aliphatic heterocycles. The first-order chi connectivity index (χ1) is 6.25. The number of aromatic hydroxyl groups is 2. The summed E-state index contributed by atoms with van der Waals surface area (Å²) in [6.45, 7) is 0. The van der Waals surface area contributed by atoms with Crippen LogP contribution >= 0.6 is 0 Å². The van der Waals surface area contributed by atoms with Crippen LogP contribution in [-0.4, -0.2) is 10.2 Å². The summed E-state index contributed by atoms with van der Waals surface area (Å²) in [5.74, 6) is -1.82. The molecule has 0 amide bonds. The highest BCUT2D eigenvalue weighted by atomic mass is 19.4. The van der Waals surface area contributed by atoms with Crippen molar-refractivity contribution in [2.24, 2.45) is 0 Å². The number of rotatable bonds is 0. The molecule has 7 heteroatoms. The molecular formula is C7H7F3N2O2. The monoisotopic (exact) mass is 208 g/mol. The van der Waals surface area contributed by atoms with Gasteiger partial charge in [0.25, 0.3) is 0 Å². The Morgan fingerprint density at radius 2 is 1.57 bits per heavy atom. The largest absolute Gasteiger partial charge is 0.506 e. The van der Waals surface area contributed by atoms with Gasteiger partial charge in [-0.15, -0.1) is 0 Å². The molecule has 0 unspecified atom stereocenters. The Labute approximate surface area is 76.6 Å². The van der Waals surface area contributed by atoms with Gasteiger partial charge in [0, 0.05) is 0 Å². The summed E-state index contributed by atoms with van der Waals surface area (Å²) in [5.41, 5.74) is 7.24. The quantitative estimate of drug-likeness (QED) is 0.293. The maximum Gasteiger partial charge on any atom is 0.418 e. The molecule has 0 aliphatic rings. The second-order valence-corrected chi connectivity index (χ2v) is 2.62. The SMILES string of the molecule is Nc1c(O)cc(C(F)(F)F)c(N)c1O. The van der Waals surface area contributed by atoms with Crippen LogP contribution in [0.5, 0.6) is 11.5 Å². The van der Waals surface area contributed by atoms with E-state index in [4.69, 9.17) is 21.7 Å². The number of hydrogen-bond donors (Lipinski definition) is 4. The van der Waals surface area contributed by atoms with E-state index in [1.807, 2.05) is 0 Å². The number of hydrogen-bond acceptors (Lipinski definition) is 4. The van der Waals surface area contributed by atoms with Gasteiger partial charge in [-0.1, -0.05) is 0 Å². The second kappa shape index (κ2) is 2.86. The molecule has 0 radical (unpaired) electrons. The number of nitrogens with two attached hydrogens (primary N) is 2. The first-order valence-electron chi connectivity index (χ1n) is 3.42. The predicted molar refractivity (Wildman–Crippen MR) is 43.6 cm³/mol. The average molecular weight is 208 g/mol. The minimum absolute atomic E-state index is 0.365. The molecule has 0 saturated heterocycles. The molecule has 0 spiro atoms. The van der Waals surface area contributed by atoms with Crippen LogP contribution in [0.25, 0.3) is 0 Å². The first-order valence-corrected chi connectivity index (χ1v) is 3.42. The summed E-state index contributed by atoms with van der Waals surface area (Å²) in [6.07, 6.45) is -4.74. The summed E-state index contributed by atoms with van der Waals surface area (Å²) in [6, 6.07) is 0.365. The molecule has 6 N–H and O–H groups in total. The van der Waals surface area contributed by atoms with Crippen LogP contribution in [0.4, 0.5) is 24.5 Å². The van der Waals surface area contributed by atoms with Gasteiger partial charge in [-0.05, 0) is 6.07 Å². The summed E-state index contributed by atoms with van der Waals surface area (Å²) in [5, 5.41) is 17.9. The van der Waals surface area contributed by atoms with E-state index in [-0.39, 0.29) is 0 Å². The van der Waals surface area contributed by atoms with Crippen molar-refractivity contribution in [2.75, 3.05) is 11.5 Å². The molecular weight excluding hydrogens is 201 g/mol. The van der Waals surface area contributed by atoms with E-state index in [2.05, 4.69) is 0 Å². The Morgan fingerprint density at radius 3 is 2.00 bits per heavy atom. The normalized spacial score (nSPS) is 11.6. The van der Waals surface area contributed by atoms with Crippen molar-refractivity contribution < 1.29 is 23.4 Å². The van der Waals surface area contributed by atoms with Crippen LogP contribution in [0.1, 0.15) is 5.56 Å². The number of phenols is 2. The molecule has 78 valence electrons. The van der Waals surface area contributed by atoms with Gasteiger partial charge in [-0.2, -0.15) is 13.2 Å². The van der Waals surface area contributed by atoms with Crippen LogP contribution in [0.2, 0.25) is 0 Å². The fourth-order valence-electron chi connectivity index (χ4n) is 0.921. The molecule has 0 atom stereocenters. The first kappa shape index (κ1) is 10.3. The van der Waals surface area contributed by atoms with Crippen molar-refractivity contribution in [3.8, 4) is 11.5 Å². The van der Waals surface area contributed by atoms with Crippen LogP contribution in [-0.2, 0) is 6.18 Å². The smallest absolute Gasteiger partial charge is 0.418 e. The van der Waals surface area contributed by atoms with Crippen LogP contribution in [0.15, 0.2) is 6.07 Å². The van der Waals surface area contributed by atoms with E-state index in [1.54, 1.807) is 0 Å². The molecule has 14 heavy (non-hydrogen) atoms. The second-order valence-electron chi connectivity index (χ2n) is 2.62. The molecule has 0 heterocycles. The van der Waals surface area contributed by atoms with Crippen molar-refractivity contribution in [1.29, 1.82) is 0 Å². The standard InChI is InChI=1S/C7H7F3N2O2/c8-7(9,10)2-1-3(13)5(12)6(14)4(2)11/h1,13-14H,11-12H2. The zero-order chi connectivity index (χ0) is 11.1. The van der Waals surface area contributed by atoms with Crippen molar-refractivity contribution in [3.05, 3.63) is 11.6 Å². The highest BCUT2D eigenvalue weighted by molar-refractivity contribution is 5.75. The fraction of sp³-hybridized carbons (Fsp3) is 0.143. The molecule has 0 saturated carbocycles. The number of anilines is 2. The number of halogens is 3. The molecule has 0 fully saturated rings. The highest BCUT2D eigenvalue weighted by Crippen LogP contribution is 2.44. The van der Waals surface area contributed by atoms with Gasteiger partial charge >= 0.3 is 6.18 Å². The minimum Gasteiger partial charge on any atom is -0.506 e. The molecule has 1 aromatic carbocycles. The van der Waals surface area contributed by atoms with E-state index in [0.717, 1.165) is 0 Å². The lowest BCUT2D eigenvalue weighted by Crippen LogP contribution is -2.09. The summed E-state index contributed by atoms with van der Waals surface area (Å²) < 4.78 is 36.6. The Hall–Kier alpha value is -1.79. The van der Waals surface area contributed by atoms with Crippen molar-refractivity contribution in [1.82, 2.24) is 0 Å². The van der Waals surface area contributed by atoms with Gasteiger partial charge < -0.3 is 21.7 Å². The van der Waals surface area contributed by atoms with Crippen molar-refractivity contribution in [2.45, 2.75) is 6.18 Å². The Morgan fingerprint density at radius 1 is 1.07 bits per heavy atom. The number of phenolic OH excluding ortho intramolecular Hbond substituents is 2. The van der Waals surface area contributed by atoms with Gasteiger partial charge in [0.2, 0.25) is 0 Å². The lowest BCUT2D eigenvalue weighted by Gasteiger charge is -2.13. The summed E-state index contributed by atoms with van der Waals surface area (Å²) in [7, 11) is 0. The van der Waals surface area contributed by atoms with E-state index in [1.165, 1.54) is 0 Å². The molecule has 1 rings (SSSR count). The van der Waals surface area contributed by atoms with E-state index in [0.29, 0.717) is 6.07 Å². The highest BCUT2D eigenvalue weighted by Gasteiger charge is 2.35. The van der Waals surface area contributed by atoms with Gasteiger partial charge in [0.15, 0.2) is 5.75 Å². The zero-order valence-corrected chi connectivity index (χ0v) is 6.76. The fourth-order valence-corrected chi connectivity index (χ4v) is 0.921. The average Bonchev–Trinajstić information content (AvgIpc) is 2.06. The third kappa shape index (κ3) is 1.48. The zero-order valence-electron chi connectivity index (χ0n) is 6.76. The van der Waals surface area contributed by atoms with Crippen LogP contribution in [0, 0.1) is 0 Å². The topological polar surface area (TPSA) is 92.5 Å². The van der Waals surface area contributed by atoms with Crippen molar-refractivity contribution >= 4 is 11.4 Å². The molecule has 0 aromatic heterocycles. The van der Waals surface area contributed by atoms with E-state index >= 15 is 0 Å². The van der Waals surface area contributed by atoms with E-state index < -0.39 is 34.6 Å². The van der Waals surface area contributed by atoms with E-state index in [9.17, 15) is 13.2 Å². The maximum absolute atomic E-state index is 12.2. The van der Waals surface area contributed by atoms with Gasteiger partial charge in [0.05, 0.1) is 11.3 Å². The van der Waals surface area contributed by atoms with Gasteiger partial charge in [0.1, 0.15) is 11.4 Å². The predicted octanol–water partition coefficient (Wildman–Crippen LogP) is 1.28. The van der Waals surface area contributed by atoms with Crippen LogP contribution in [0.3, 0.4) is 0 Å². The lowest BCUT2D eigenvalue weighted by molar-refractivity contribution is -0.137. The lowest BCUT2D eigenvalue weighted by atomic mass is 10.1.